The fraction of sp³-hybridized carbons (Fsp3) is 0.0769. The number of H-pyrrole nitrogens is 1. The second-order valence-electron chi connectivity index (χ2n) is 7.60. The molecule has 0 spiro atoms. The van der Waals surface area contributed by atoms with E-state index in [1.54, 1.807) is 4.57 Å². The molecule has 0 aliphatic heterocycles. The minimum atomic E-state index is -0.0619. The topological polar surface area (TPSA) is 50.7 Å². The van der Waals surface area contributed by atoms with Gasteiger partial charge in [0, 0.05) is 25.7 Å². The first kappa shape index (κ1) is 19.8. The molecule has 0 fully saturated rings. The first-order valence-corrected chi connectivity index (χ1v) is 11.1. The third kappa shape index (κ3) is 3.49. The maximum absolute atomic E-state index is 13.6. The molecule has 2 heterocycles. The summed E-state index contributed by atoms with van der Waals surface area (Å²) in [6, 6.07) is 21.9. The van der Waals surface area contributed by atoms with E-state index < -0.39 is 0 Å². The van der Waals surface area contributed by atoms with E-state index in [4.69, 9.17) is 4.98 Å². The molecule has 1 N–H and O–H groups in total. The van der Waals surface area contributed by atoms with E-state index in [-0.39, 0.29) is 5.56 Å². The third-order valence-corrected chi connectivity index (χ3v) is 6.23. The van der Waals surface area contributed by atoms with E-state index in [9.17, 15) is 4.79 Å². The number of fused-ring (bicyclic) bond motifs is 2. The predicted octanol–water partition coefficient (Wildman–Crippen LogP) is 6.26. The Labute approximate surface area is 193 Å². The van der Waals surface area contributed by atoms with Crippen molar-refractivity contribution in [3.63, 3.8) is 0 Å². The molecular weight excluding hydrogens is 497 g/mol. The van der Waals surface area contributed by atoms with Crippen LogP contribution in [0.2, 0.25) is 0 Å². The van der Waals surface area contributed by atoms with Crippen LogP contribution in [0.4, 0.5) is 0 Å². The second-order valence-corrected chi connectivity index (χ2v) is 8.85. The van der Waals surface area contributed by atoms with E-state index >= 15 is 0 Å². The van der Waals surface area contributed by atoms with Crippen molar-refractivity contribution in [1.29, 1.82) is 0 Å². The zero-order valence-electron chi connectivity index (χ0n) is 17.2. The molecule has 152 valence electrons. The third-order valence-electron chi connectivity index (χ3n) is 5.56. The molecule has 4 nitrogen and oxygen atoms in total. The van der Waals surface area contributed by atoms with Crippen molar-refractivity contribution in [2.24, 2.45) is 0 Å². The van der Waals surface area contributed by atoms with Crippen LogP contribution in [0, 0.1) is 17.4 Å². The summed E-state index contributed by atoms with van der Waals surface area (Å²) in [6.07, 6.45) is 3.98. The van der Waals surface area contributed by atoms with E-state index in [2.05, 4.69) is 46.6 Å². The number of nitrogens with zero attached hydrogens (tertiary/aromatic N) is 2. The van der Waals surface area contributed by atoms with Crippen molar-refractivity contribution in [2.45, 2.75) is 13.8 Å². The van der Waals surface area contributed by atoms with Gasteiger partial charge in [0.1, 0.15) is 5.82 Å². The van der Waals surface area contributed by atoms with Gasteiger partial charge in [-0.3, -0.25) is 9.36 Å². The molecule has 0 radical (unpaired) electrons. The Hall–Kier alpha value is -3.19. The first-order chi connectivity index (χ1) is 15.0. The number of halogens is 1. The molecule has 31 heavy (non-hydrogen) atoms. The van der Waals surface area contributed by atoms with Crippen LogP contribution >= 0.6 is 22.6 Å². The summed E-state index contributed by atoms with van der Waals surface area (Å²) in [6.45, 7) is 4.07. The lowest BCUT2D eigenvalue weighted by Crippen LogP contribution is -2.23. The molecule has 0 aliphatic carbocycles. The monoisotopic (exact) mass is 517 g/mol. The summed E-state index contributed by atoms with van der Waals surface area (Å²) < 4.78 is 2.73. The molecule has 2 aromatic heterocycles. The molecule has 0 bridgehead atoms. The second kappa shape index (κ2) is 7.81. The fourth-order valence-electron chi connectivity index (χ4n) is 4.00. The predicted molar refractivity (Wildman–Crippen MR) is 137 cm³/mol. The summed E-state index contributed by atoms with van der Waals surface area (Å²) in [5, 5.41) is 1.77. The van der Waals surface area contributed by atoms with Crippen LogP contribution in [0.1, 0.15) is 22.6 Å². The van der Waals surface area contributed by atoms with Crippen LogP contribution in [0.5, 0.6) is 0 Å². The van der Waals surface area contributed by atoms with Gasteiger partial charge in [0.05, 0.1) is 16.6 Å². The lowest BCUT2D eigenvalue weighted by Gasteiger charge is -2.14. The van der Waals surface area contributed by atoms with Crippen molar-refractivity contribution in [1.82, 2.24) is 14.5 Å². The molecule has 5 rings (SSSR count). The Bertz CT molecular complexity index is 1540. The molecular formula is C26H20IN3O. The SMILES string of the molecule is Cc1ccccc1-n1c(/C=C/c2c(C)[nH]c3ccccc23)nc2ccc(I)cc2c1=O. The van der Waals surface area contributed by atoms with Gasteiger partial charge < -0.3 is 4.98 Å². The summed E-state index contributed by atoms with van der Waals surface area (Å²) in [4.78, 5) is 21.9. The average Bonchev–Trinajstić information content (AvgIpc) is 3.08. The highest BCUT2D eigenvalue weighted by Crippen LogP contribution is 2.25. The minimum absolute atomic E-state index is 0.0619. The van der Waals surface area contributed by atoms with Crippen LogP contribution in [0.3, 0.4) is 0 Å². The van der Waals surface area contributed by atoms with E-state index in [0.717, 1.165) is 37.0 Å². The van der Waals surface area contributed by atoms with Gasteiger partial charge in [-0.2, -0.15) is 0 Å². The van der Waals surface area contributed by atoms with Crippen molar-refractivity contribution < 1.29 is 0 Å². The van der Waals surface area contributed by atoms with Gasteiger partial charge in [0.2, 0.25) is 0 Å². The molecule has 3 aromatic carbocycles. The number of hydrogen-bond donors (Lipinski definition) is 1. The Morgan fingerprint density at radius 1 is 0.935 bits per heavy atom. The van der Waals surface area contributed by atoms with Crippen molar-refractivity contribution >= 4 is 56.5 Å². The Morgan fingerprint density at radius 2 is 1.71 bits per heavy atom. The molecule has 5 aromatic rings. The largest absolute Gasteiger partial charge is 0.358 e. The van der Waals surface area contributed by atoms with E-state index in [0.29, 0.717) is 16.7 Å². The number of hydrogen-bond acceptors (Lipinski definition) is 2. The Balaban J connectivity index is 1.78. The van der Waals surface area contributed by atoms with Gasteiger partial charge in [-0.15, -0.1) is 0 Å². The zero-order valence-corrected chi connectivity index (χ0v) is 19.3. The summed E-state index contributed by atoms with van der Waals surface area (Å²) in [5.74, 6) is 0.609. The normalized spacial score (nSPS) is 11.7. The molecule has 0 amide bonds. The van der Waals surface area contributed by atoms with E-state index in [1.807, 2.05) is 73.7 Å². The van der Waals surface area contributed by atoms with Gasteiger partial charge in [0.15, 0.2) is 0 Å². The highest BCUT2D eigenvalue weighted by atomic mass is 127. The highest BCUT2D eigenvalue weighted by Gasteiger charge is 2.13. The zero-order chi connectivity index (χ0) is 21.5. The lowest BCUT2D eigenvalue weighted by atomic mass is 10.1. The van der Waals surface area contributed by atoms with Gasteiger partial charge in [-0.25, -0.2) is 4.98 Å². The number of para-hydroxylation sites is 2. The molecule has 0 unspecified atom stereocenters. The van der Waals surface area contributed by atoms with Crippen LogP contribution < -0.4 is 5.56 Å². The maximum atomic E-state index is 13.6. The minimum Gasteiger partial charge on any atom is -0.358 e. The lowest BCUT2D eigenvalue weighted by molar-refractivity contribution is 0.934. The smallest absolute Gasteiger partial charge is 0.266 e. The van der Waals surface area contributed by atoms with Crippen LogP contribution in [0.15, 0.2) is 71.5 Å². The number of aromatic nitrogens is 3. The van der Waals surface area contributed by atoms with Crippen LogP contribution in [-0.4, -0.2) is 14.5 Å². The van der Waals surface area contributed by atoms with Crippen LogP contribution in [-0.2, 0) is 0 Å². The van der Waals surface area contributed by atoms with Crippen molar-refractivity contribution in [2.75, 3.05) is 0 Å². The number of benzene rings is 3. The van der Waals surface area contributed by atoms with Gasteiger partial charge >= 0.3 is 0 Å². The van der Waals surface area contributed by atoms with Gasteiger partial charge in [-0.05, 0) is 84.5 Å². The van der Waals surface area contributed by atoms with Crippen molar-refractivity contribution in [3.05, 3.63) is 103 Å². The standard InChI is InChI=1S/C26H20IN3O/c1-16-7-3-6-10-24(16)30-25(29-23-13-11-18(27)15-21(23)26(30)31)14-12-19-17(2)28-22-9-5-4-8-20(19)22/h3-15,28H,1-2H3/b14-12+. The molecule has 0 atom stereocenters. The number of rotatable bonds is 3. The Kier molecular flexibility index (Phi) is 4.98. The Morgan fingerprint density at radius 3 is 2.55 bits per heavy atom. The fourth-order valence-corrected chi connectivity index (χ4v) is 4.50. The summed E-state index contributed by atoms with van der Waals surface area (Å²) in [7, 11) is 0. The number of aryl methyl sites for hydroxylation is 2. The van der Waals surface area contributed by atoms with Gasteiger partial charge in [-0.1, -0.05) is 36.4 Å². The first-order valence-electron chi connectivity index (χ1n) is 10.1. The molecule has 0 aliphatic rings. The highest BCUT2D eigenvalue weighted by molar-refractivity contribution is 14.1. The van der Waals surface area contributed by atoms with Crippen molar-refractivity contribution in [3.8, 4) is 5.69 Å². The van der Waals surface area contributed by atoms with E-state index in [1.165, 1.54) is 0 Å². The average molecular weight is 517 g/mol. The van der Waals surface area contributed by atoms with Gasteiger partial charge in [0.25, 0.3) is 5.56 Å². The van der Waals surface area contributed by atoms with Crippen LogP contribution in [0.25, 0.3) is 39.6 Å². The quantitative estimate of drug-likeness (QED) is 0.288. The number of aromatic amines is 1. The molecule has 5 heteroatoms. The number of nitrogens with one attached hydrogen (secondary N) is 1. The summed E-state index contributed by atoms with van der Waals surface area (Å²) in [5.41, 5.74) is 5.78. The molecule has 0 saturated heterocycles. The maximum Gasteiger partial charge on any atom is 0.266 e. The molecule has 0 saturated carbocycles. The summed E-state index contributed by atoms with van der Waals surface area (Å²) >= 11 is 2.23.